The number of aryl methyl sites for hydroxylation is 1. The molecular weight excluding hydrogens is 493 g/mol. The summed E-state index contributed by atoms with van der Waals surface area (Å²) in [5.41, 5.74) is 0.00141. The summed E-state index contributed by atoms with van der Waals surface area (Å²) in [6.45, 7) is 6.96. The minimum atomic E-state index is -4.68. The fraction of sp³-hybridized carbons (Fsp3) is 0.400. The minimum absolute atomic E-state index is 0.0402. The average Bonchev–Trinajstić information content (AvgIpc) is 3.04. The molecule has 2 unspecified atom stereocenters. The zero-order valence-corrected chi connectivity index (χ0v) is 20.8. The van der Waals surface area contributed by atoms with Crippen molar-refractivity contribution >= 4 is 45.0 Å². The smallest absolute Gasteiger partial charge is 0.324 e. The van der Waals surface area contributed by atoms with E-state index in [1.165, 1.54) is 29.4 Å². The Bertz CT molecular complexity index is 1420. The van der Waals surface area contributed by atoms with Crippen LogP contribution in [0.1, 0.15) is 43.5 Å². The molecule has 4 heterocycles. The Balaban J connectivity index is 1.57. The van der Waals surface area contributed by atoms with Crippen LogP contribution in [0.25, 0.3) is 21.3 Å². The van der Waals surface area contributed by atoms with Crippen LogP contribution in [-0.2, 0) is 27.1 Å². The summed E-state index contributed by atoms with van der Waals surface area (Å²) in [6, 6.07) is 4.25. The number of anilines is 1. The van der Waals surface area contributed by atoms with Crippen molar-refractivity contribution in [1.29, 1.82) is 0 Å². The molecule has 188 valence electrons. The highest BCUT2D eigenvalue weighted by Gasteiger charge is 2.72. The molecule has 1 aliphatic carbocycles. The quantitative estimate of drug-likeness (QED) is 0.472. The van der Waals surface area contributed by atoms with Crippen molar-refractivity contribution in [2.45, 2.75) is 46.8 Å². The van der Waals surface area contributed by atoms with Gasteiger partial charge in [0.2, 0.25) is 17.7 Å². The molecular formula is C25H23F3N4O3S. The van der Waals surface area contributed by atoms with Crippen LogP contribution >= 0.6 is 11.3 Å². The van der Waals surface area contributed by atoms with E-state index in [4.69, 9.17) is 0 Å². The number of nitrogens with zero attached hydrogens (tertiary/aromatic N) is 3. The van der Waals surface area contributed by atoms with E-state index < -0.39 is 11.9 Å². The van der Waals surface area contributed by atoms with Crippen molar-refractivity contribution in [3.63, 3.8) is 0 Å². The van der Waals surface area contributed by atoms with Crippen LogP contribution in [0, 0.1) is 24.2 Å². The van der Waals surface area contributed by atoms with Crippen molar-refractivity contribution < 1.29 is 27.6 Å². The van der Waals surface area contributed by atoms with E-state index in [1.54, 1.807) is 19.1 Å². The van der Waals surface area contributed by atoms with Crippen LogP contribution in [0.4, 0.5) is 18.9 Å². The van der Waals surface area contributed by atoms with E-state index in [0.717, 1.165) is 6.07 Å². The Morgan fingerprint density at radius 3 is 2.44 bits per heavy atom. The average molecular weight is 517 g/mol. The largest absolute Gasteiger partial charge is 0.433 e. The molecule has 2 atom stereocenters. The molecule has 0 aromatic carbocycles. The van der Waals surface area contributed by atoms with E-state index in [9.17, 15) is 27.6 Å². The monoisotopic (exact) mass is 516 g/mol. The van der Waals surface area contributed by atoms with Crippen molar-refractivity contribution in [2.75, 3.05) is 5.32 Å². The molecule has 3 aromatic rings. The number of imide groups is 1. The number of piperidine rings is 1. The van der Waals surface area contributed by atoms with Crippen molar-refractivity contribution in [2.24, 2.45) is 17.3 Å². The standard InChI is InChI=1S/C25H23F3N4O3S/c1-5-17(33)31-20-11(2)30-16(25(26,27)28)9-14(20)13-6-7-29-15-8-12(36-21(13)15)10-32-22(34)18-19(23(32)35)24(18,3)4/h6-9,18-19H,5,10H2,1-4H3,(H,31,33). The predicted octanol–water partition coefficient (Wildman–Crippen LogP) is 5.18. The third kappa shape index (κ3) is 3.76. The Hall–Kier alpha value is -3.34. The van der Waals surface area contributed by atoms with Gasteiger partial charge in [-0.2, -0.15) is 13.2 Å². The van der Waals surface area contributed by atoms with E-state index in [0.29, 0.717) is 20.7 Å². The van der Waals surface area contributed by atoms with Gasteiger partial charge in [-0.15, -0.1) is 11.3 Å². The molecule has 1 saturated heterocycles. The van der Waals surface area contributed by atoms with E-state index >= 15 is 0 Å². The zero-order valence-electron chi connectivity index (χ0n) is 20.0. The first-order chi connectivity index (χ1) is 16.8. The number of carbonyl (C=O) groups excluding carboxylic acids is 3. The number of thiophene rings is 1. The lowest BCUT2D eigenvalue weighted by molar-refractivity contribution is -0.144. The number of rotatable bonds is 5. The maximum atomic E-state index is 13.6. The number of hydrogen-bond donors (Lipinski definition) is 1. The first-order valence-corrected chi connectivity index (χ1v) is 12.3. The lowest BCUT2D eigenvalue weighted by Crippen LogP contribution is -2.35. The molecule has 5 rings (SSSR count). The number of amides is 3. The van der Waals surface area contributed by atoms with Crippen molar-refractivity contribution in [3.8, 4) is 11.1 Å². The normalized spacial score (nSPS) is 20.7. The van der Waals surface area contributed by atoms with Gasteiger partial charge in [0.05, 0.1) is 40.0 Å². The molecule has 2 fully saturated rings. The maximum Gasteiger partial charge on any atom is 0.433 e. The van der Waals surface area contributed by atoms with Crippen LogP contribution in [0.3, 0.4) is 0 Å². The topological polar surface area (TPSA) is 92.3 Å². The molecule has 2 aliphatic rings. The van der Waals surface area contributed by atoms with Gasteiger partial charge in [-0.25, -0.2) is 4.98 Å². The van der Waals surface area contributed by atoms with Crippen LogP contribution in [0.5, 0.6) is 0 Å². The Kier molecular flexibility index (Phi) is 5.47. The molecule has 0 spiro atoms. The fourth-order valence-corrected chi connectivity index (χ4v) is 6.14. The maximum absolute atomic E-state index is 13.6. The van der Waals surface area contributed by atoms with Gasteiger partial charge in [0.1, 0.15) is 5.69 Å². The number of likely N-dealkylation sites (tertiary alicyclic amines) is 1. The summed E-state index contributed by atoms with van der Waals surface area (Å²) in [4.78, 5) is 47.7. The highest BCUT2D eigenvalue weighted by Crippen LogP contribution is 2.63. The van der Waals surface area contributed by atoms with Crippen LogP contribution in [0.2, 0.25) is 0 Å². The van der Waals surface area contributed by atoms with Gasteiger partial charge < -0.3 is 5.32 Å². The second-order valence-corrected chi connectivity index (χ2v) is 10.9. The third-order valence-corrected chi connectivity index (χ3v) is 8.18. The molecule has 1 saturated carbocycles. The van der Waals surface area contributed by atoms with Gasteiger partial charge in [-0.1, -0.05) is 20.8 Å². The number of halogens is 3. The minimum Gasteiger partial charge on any atom is -0.324 e. The van der Waals surface area contributed by atoms with Gasteiger partial charge in [0, 0.05) is 28.6 Å². The fourth-order valence-electron chi connectivity index (χ4n) is 5.01. The molecule has 7 nitrogen and oxygen atoms in total. The molecule has 1 aliphatic heterocycles. The third-order valence-electron chi connectivity index (χ3n) is 7.03. The van der Waals surface area contributed by atoms with E-state index in [1.807, 2.05) is 13.8 Å². The van der Waals surface area contributed by atoms with Crippen LogP contribution in [-0.4, -0.2) is 32.6 Å². The van der Waals surface area contributed by atoms with Gasteiger partial charge in [-0.05, 0) is 30.5 Å². The van der Waals surface area contributed by atoms with Crippen molar-refractivity contribution in [3.05, 3.63) is 40.7 Å². The number of hydrogen-bond acceptors (Lipinski definition) is 6. The van der Waals surface area contributed by atoms with Gasteiger partial charge >= 0.3 is 6.18 Å². The van der Waals surface area contributed by atoms with Gasteiger partial charge in [-0.3, -0.25) is 24.3 Å². The van der Waals surface area contributed by atoms with Crippen LogP contribution < -0.4 is 5.32 Å². The lowest BCUT2D eigenvalue weighted by Gasteiger charge is -2.19. The highest BCUT2D eigenvalue weighted by molar-refractivity contribution is 7.19. The van der Waals surface area contributed by atoms with Crippen molar-refractivity contribution in [1.82, 2.24) is 14.9 Å². The molecule has 3 aromatic heterocycles. The van der Waals surface area contributed by atoms with Crippen LogP contribution in [0.15, 0.2) is 24.4 Å². The number of nitrogens with one attached hydrogen (secondary N) is 1. The van der Waals surface area contributed by atoms with E-state index in [-0.39, 0.29) is 64.9 Å². The molecule has 3 amide bonds. The molecule has 0 bridgehead atoms. The number of alkyl halides is 3. The lowest BCUT2D eigenvalue weighted by atomic mass is 10.0. The summed E-state index contributed by atoms with van der Waals surface area (Å²) in [6.07, 6.45) is -3.05. The first kappa shape index (κ1) is 24.4. The summed E-state index contributed by atoms with van der Waals surface area (Å²) >= 11 is 1.26. The van der Waals surface area contributed by atoms with Gasteiger partial charge in [0.15, 0.2) is 0 Å². The Labute approximate surface area is 208 Å². The molecule has 0 radical (unpaired) electrons. The Morgan fingerprint density at radius 1 is 1.17 bits per heavy atom. The number of pyridine rings is 2. The molecule has 36 heavy (non-hydrogen) atoms. The SMILES string of the molecule is CCC(=O)Nc1c(-c2ccnc3cc(CN4C(=O)C5C(C4=O)C5(C)C)sc23)cc(C(F)(F)F)nc1C. The zero-order chi connectivity index (χ0) is 26.2. The number of fused-ring (bicyclic) bond motifs is 2. The summed E-state index contributed by atoms with van der Waals surface area (Å²) in [5.74, 6) is -1.32. The van der Waals surface area contributed by atoms with Gasteiger partial charge in [0.25, 0.3) is 0 Å². The second-order valence-electron chi connectivity index (χ2n) is 9.74. The summed E-state index contributed by atoms with van der Waals surface area (Å²) in [5, 5.41) is 2.68. The molecule has 11 heteroatoms. The Morgan fingerprint density at radius 2 is 1.83 bits per heavy atom. The molecule has 1 N–H and O–H groups in total. The first-order valence-electron chi connectivity index (χ1n) is 11.5. The highest BCUT2D eigenvalue weighted by atomic mass is 32.1. The number of carbonyl (C=O) groups is 3. The van der Waals surface area contributed by atoms with E-state index in [2.05, 4.69) is 15.3 Å². The summed E-state index contributed by atoms with van der Waals surface area (Å²) < 4.78 is 41.4. The summed E-state index contributed by atoms with van der Waals surface area (Å²) in [7, 11) is 0. The predicted molar refractivity (Wildman–Crippen MR) is 128 cm³/mol. The second kappa shape index (κ2) is 8.09. The number of aromatic nitrogens is 2.